The molecule has 9 heteroatoms. The zero-order chi connectivity index (χ0) is 21.5. The van der Waals surface area contributed by atoms with Crippen molar-refractivity contribution >= 4 is 10.9 Å². The van der Waals surface area contributed by atoms with E-state index in [1.807, 2.05) is 0 Å². The molecule has 30 heavy (non-hydrogen) atoms. The third kappa shape index (κ3) is 3.37. The van der Waals surface area contributed by atoms with Crippen molar-refractivity contribution in [2.75, 3.05) is 0 Å². The van der Waals surface area contributed by atoms with E-state index in [1.54, 1.807) is 13.0 Å². The summed E-state index contributed by atoms with van der Waals surface area (Å²) in [5.41, 5.74) is -1.83. The first kappa shape index (κ1) is 19.8. The van der Waals surface area contributed by atoms with Gasteiger partial charge in [0.2, 0.25) is 5.52 Å². The molecule has 2 aromatic heterocycles. The molecule has 6 nitrogen and oxygen atoms in total. The Morgan fingerprint density at radius 3 is 2.53 bits per heavy atom. The van der Waals surface area contributed by atoms with E-state index in [2.05, 4.69) is 15.2 Å². The normalized spacial score (nSPS) is 14.6. The number of H-pyrrole nitrogens is 1. The van der Waals surface area contributed by atoms with Gasteiger partial charge in [0, 0.05) is 29.7 Å². The number of nitrogens with zero attached hydrogens (tertiary/aromatic N) is 3. The maximum Gasteiger partial charge on any atom is 0.224 e. The predicted octanol–water partition coefficient (Wildman–Crippen LogP) is 3.24. The Morgan fingerprint density at radius 1 is 1.10 bits per heavy atom. The van der Waals surface area contributed by atoms with Gasteiger partial charge < -0.3 is 10.3 Å². The molecule has 2 atom stereocenters. The molecule has 2 aromatic carbocycles. The van der Waals surface area contributed by atoms with Gasteiger partial charge in [0.25, 0.3) is 0 Å². The Kier molecular flexibility index (Phi) is 4.90. The van der Waals surface area contributed by atoms with Gasteiger partial charge >= 0.3 is 0 Å². The number of nitrogens with one attached hydrogen (secondary N) is 1. The van der Waals surface area contributed by atoms with Gasteiger partial charge in [-0.25, -0.2) is 18.2 Å². The molecular weight excluding hydrogens is 397 g/mol. The first-order valence-electron chi connectivity index (χ1n) is 9.13. The molecule has 0 saturated heterocycles. The fourth-order valence-electron chi connectivity index (χ4n) is 3.63. The minimum atomic E-state index is -1.96. The summed E-state index contributed by atoms with van der Waals surface area (Å²) in [6, 6.07) is 9.53. The summed E-state index contributed by atoms with van der Waals surface area (Å²) in [5.74, 6) is -2.80. The lowest BCUT2D eigenvalue weighted by Gasteiger charge is -2.33. The maximum absolute atomic E-state index is 14.7. The van der Waals surface area contributed by atoms with Crippen LogP contribution in [0.5, 0.6) is 0 Å². The van der Waals surface area contributed by atoms with Gasteiger partial charge in [-0.15, -0.1) is 0 Å². The number of aliphatic hydroxyl groups is 1. The molecule has 0 spiro atoms. The number of hydrogen-bond donors (Lipinski definition) is 2. The van der Waals surface area contributed by atoms with Gasteiger partial charge in [-0.2, -0.15) is 9.83 Å². The molecule has 2 unspecified atom stereocenters. The van der Waals surface area contributed by atoms with Crippen LogP contribution in [0.2, 0.25) is 0 Å². The van der Waals surface area contributed by atoms with Gasteiger partial charge in [0.05, 0.1) is 11.8 Å². The summed E-state index contributed by atoms with van der Waals surface area (Å²) in [7, 11) is 0. The van der Waals surface area contributed by atoms with E-state index < -0.39 is 29.0 Å². The summed E-state index contributed by atoms with van der Waals surface area (Å²) in [6.45, 7) is 1.59. The Labute approximate surface area is 169 Å². The van der Waals surface area contributed by atoms with E-state index in [1.165, 1.54) is 24.5 Å². The Hall–Kier alpha value is -3.46. The highest BCUT2D eigenvalue weighted by molar-refractivity contribution is 5.75. The number of fused-ring (bicyclic) bond motifs is 1. The van der Waals surface area contributed by atoms with Crippen molar-refractivity contribution in [1.29, 1.82) is 0 Å². The summed E-state index contributed by atoms with van der Waals surface area (Å²) in [6.07, 6.45) is 0.930. The monoisotopic (exact) mass is 414 g/mol. The Bertz CT molecular complexity index is 1220. The van der Waals surface area contributed by atoms with E-state index in [4.69, 9.17) is 0 Å². The second-order valence-corrected chi connectivity index (χ2v) is 7.14. The molecule has 4 aromatic rings. The van der Waals surface area contributed by atoms with Crippen molar-refractivity contribution in [2.24, 2.45) is 0 Å². The maximum atomic E-state index is 14.7. The van der Waals surface area contributed by atoms with E-state index in [9.17, 15) is 23.5 Å². The van der Waals surface area contributed by atoms with E-state index in [0.717, 1.165) is 18.2 Å². The molecule has 0 saturated carbocycles. The van der Waals surface area contributed by atoms with Crippen LogP contribution in [-0.4, -0.2) is 20.3 Å². The number of aromatic amines is 1. The molecular formula is C21H17F3N4O2. The van der Waals surface area contributed by atoms with Crippen LogP contribution in [0.25, 0.3) is 10.9 Å². The molecule has 0 aliphatic heterocycles. The summed E-state index contributed by atoms with van der Waals surface area (Å²) in [4.78, 5) is 4.03. The minimum absolute atomic E-state index is 0.117. The largest absolute Gasteiger partial charge is 0.618 e. The molecule has 0 amide bonds. The summed E-state index contributed by atoms with van der Waals surface area (Å²) < 4.78 is 42.2. The van der Waals surface area contributed by atoms with Crippen LogP contribution in [0.1, 0.15) is 29.9 Å². The van der Waals surface area contributed by atoms with Crippen LogP contribution < -0.4 is 4.73 Å². The zero-order valence-corrected chi connectivity index (χ0v) is 15.8. The predicted molar refractivity (Wildman–Crippen MR) is 102 cm³/mol. The van der Waals surface area contributed by atoms with Crippen LogP contribution in [0.15, 0.2) is 54.9 Å². The number of halogens is 3. The molecule has 2 N–H and O–H groups in total. The lowest BCUT2D eigenvalue weighted by Crippen LogP contribution is -2.42. The van der Waals surface area contributed by atoms with Crippen molar-refractivity contribution < 1.29 is 23.0 Å². The second-order valence-electron chi connectivity index (χ2n) is 7.14. The fraction of sp³-hybridized carbons (Fsp3) is 0.190. The number of aromatic nitrogens is 4. The van der Waals surface area contributed by atoms with E-state index in [-0.39, 0.29) is 29.0 Å². The van der Waals surface area contributed by atoms with Crippen LogP contribution >= 0.6 is 0 Å². The second kappa shape index (κ2) is 7.42. The van der Waals surface area contributed by atoms with Gasteiger partial charge in [-0.05, 0) is 24.3 Å². The molecule has 2 heterocycles. The first-order valence-corrected chi connectivity index (χ1v) is 9.13. The molecule has 0 aliphatic rings. The lowest BCUT2D eigenvalue weighted by atomic mass is 9.78. The number of rotatable bonds is 5. The highest BCUT2D eigenvalue weighted by atomic mass is 19.1. The topological polar surface area (TPSA) is 88.7 Å². The zero-order valence-electron chi connectivity index (χ0n) is 15.8. The number of benzene rings is 2. The standard InChI is InChI=1S/C21H17F3N4O2/c1-12(20-25-11-26-27-20)21(29,17-6-3-15(23)9-18(17)24)10-16-5-2-13-8-14(22)4-7-19(13)28(16)30/h2-9,11-12,29H,10H2,1H3,(H,25,26,27). The summed E-state index contributed by atoms with van der Waals surface area (Å²) in [5, 5.41) is 31.3. The van der Waals surface area contributed by atoms with Gasteiger partial charge in [-0.3, -0.25) is 5.10 Å². The van der Waals surface area contributed by atoms with Crippen molar-refractivity contribution in [3.05, 3.63) is 94.6 Å². The SMILES string of the molecule is CC(c1ncn[nH]1)C(O)(Cc1ccc2cc(F)ccc2[n+]1[O-])c1ccc(F)cc1F. The number of pyridine rings is 1. The Balaban J connectivity index is 1.85. The fourth-order valence-corrected chi connectivity index (χ4v) is 3.63. The molecule has 4 rings (SSSR count). The van der Waals surface area contributed by atoms with Crippen molar-refractivity contribution in [3.8, 4) is 0 Å². The van der Waals surface area contributed by atoms with Crippen LogP contribution in [0, 0.1) is 22.7 Å². The van der Waals surface area contributed by atoms with Crippen LogP contribution in [0.3, 0.4) is 0 Å². The van der Waals surface area contributed by atoms with Crippen molar-refractivity contribution in [2.45, 2.75) is 24.9 Å². The molecule has 154 valence electrons. The average molecular weight is 414 g/mol. The lowest BCUT2D eigenvalue weighted by molar-refractivity contribution is -0.587. The minimum Gasteiger partial charge on any atom is -0.618 e. The molecule has 0 bridgehead atoms. The van der Waals surface area contributed by atoms with Crippen molar-refractivity contribution in [1.82, 2.24) is 15.2 Å². The van der Waals surface area contributed by atoms with E-state index >= 15 is 0 Å². The van der Waals surface area contributed by atoms with Gasteiger partial charge in [0.1, 0.15) is 35.2 Å². The first-order chi connectivity index (χ1) is 14.3. The van der Waals surface area contributed by atoms with E-state index in [0.29, 0.717) is 16.2 Å². The summed E-state index contributed by atoms with van der Waals surface area (Å²) >= 11 is 0. The third-order valence-electron chi connectivity index (χ3n) is 5.33. The van der Waals surface area contributed by atoms with Gasteiger partial charge in [0.15, 0.2) is 5.69 Å². The average Bonchev–Trinajstić information content (AvgIpc) is 3.24. The van der Waals surface area contributed by atoms with Crippen molar-refractivity contribution in [3.63, 3.8) is 0 Å². The molecule has 0 aliphatic carbocycles. The molecule has 0 fully saturated rings. The van der Waals surface area contributed by atoms with Crippen LogP contribution in [0.4, 0.5) is 13.2 Å². The Morgan fingerprint density at radius 2 is 1.83 bits per heavy atom. The molecule has 0 radical (unpaired) electrons. The highest BCUT2D eigenvalue weighted by Crippen LogP contribution is 2.39. The smallest absolute Gasteiger partial charge is 0.224 e. The quantitative estimate of drug-likeness (QED) is 0.388. The third-order valence-corrected chi connectivity index (χ3v) is 5.33. The highest BCUT2D eigenvalue weighted by Gasteiger charge is 2.42. The van der Waals surface area contributed by atoms with Gasteiger partial charge in [-0.1, -0.05) is 13.0 Å². The van der Waals surface area contributed by atoms with Crippen LogP contribution in [-0.2, 0) is 12.0 Å². The number of hydrogen-bond acceptors (Lipinski definition) is 4.